The maximum Gasteiger partial charge on any atom is 0.309 e. The summed E-state index contributed by atoms with van der Waals surface area (Å²) in [6.07, 6.45) is 5.60. The Morgan fingerprint density at radius 3 is 2.34 bits per heavy atom. The van der Waals surface area contributed by atoms with Crippen LogP contribution in [0.1, 0.15) is 58.6 Å². The monoisotopic (exact) mass is 489 g/mol. The van der Waals surface area contributed by atoms with E-state index in [0.29, 0.717) is 19.0 Å². The van der Waals surface area contributed by atoms with Crippen molar-refractivity contribution in [2.24, 2.45) is 5.92 Å². The Hall–Kier alpha value is -2.62. The average molecular weight is 490 g/mol. The van der Waals surface area contributed by atoms with E-state index in [1.165, 1.54) is 39.8 Å². The van der Waals surface area contributed by atoms with Gasteiger partial charge in [-0.15, -0.1) is 0 Å². The van der Waals surface area contributed by atoms with Crippen molar-refractivity contribution in [2.75, 3.05) is 13.1 Å². The fourth-order valence-corrected chi connectivity index (χ4v) is 5.21. The predicted molar refractivity (Wildman–Crippen MR) is 144 cm³/mol. The fourth-order valence-electron chi connectivity index (χ4n) is 5.01. The van der Waals surface area contributed by atoms with Crippen molar-refractivity contribution < 1.29 is 9.90 Å². The van der Waals surface area contributed by atoms with Gasteiger partial charge >= 0.3 is 5.97 Å². The Morgan fingerprint density at radius 2 is 1.66 bits per heavy atom. The minimum Gasteiger partial charge on any atom is -0.481 e. The first-order valence-corrected chi connectivity index (χ1v) is 13.1. The third-order valence-electron chi connectivity index (χ3n) is 7.38. The van der Waals surface area contributed by atoms with Crippen molar-refractivity contribution in [1.29, 1.82) is 0 Å². The van der Waals surface area contributed by atoms with Crippen LogP contribution < -0.4 is 0 Å². The van der Waals surface area contributed by atoms with Crippen LogP contribution in [0.15, 0.2) is 66.7 Å². The summed E-state index contributed by atoms with van der Waals surface area (Å²) < 4.78 is 0. The largest absolute Gasteiger partial charge is 0.481 e. The van der Waals surface area contributed by atoms with Gasteiger partial charge in [0.05, 0.1) is 5.92 Å². The van der Waals surface area contributed by atoms with Crippen molar-refractivity contribution in [2.45, 2.75) is 58.4 Å². The molecule has 184 valence electrons. The maximum absolute atomic E-state index is 11.0. The highest BCUT2D eigenvalue weighted by Gasteiger charge is 2.32. The van der Waals surface area contributed by atoms with Crippen molar-refractivity contribution in [3.05, 3.63) is 105 Å². The lowest BCUT2D eigenvalue weighted by atomic mass is 9.86. The summed E-state index contributed by atoms with van der Waals surface area (Å²) in [7, 11) is 0. The number of carbonyl (C=O) groups is 1. The number of carboxylic acid groups (broad SMARTS) is 1. The fraction of sp³-hybridized carbons (Fsp3) is 0.387. The number of aliphatic carboxylic acids is 1. The lowest BCUT2D eigenvalue weighted by molar-refractivity contribution is -0.147. The molecule has 0 saturated carbocycles. The molecule has 0 aliphatic carbocycles. The second kappa shape index (κ2) is 11.9. The van der Waals surface area contributed by atoms with Gasteiger partial charge in [-0.2, -0.15) is 0 Å². The molecule has 0 spiro atoms. The van der Waals surface area contributed by atoms with Crippen LogP contribution in [0.3, 0.4) is 0 Å². The molecule has 1 unspecified atom stereocenters. The number of hydrogen-bond acceptors (Lipinski definition) is 2. The number of unbranched alkanes of at least 4 members (excludes halogenated alkanes) is 1. The van der Waals surface area contributed by atoms with Crippen LogP contribution >= 0.6 is 11.6 Å². The highest BCUT2D eigenvalue weighted by atomic mass is 35.5. The molecule has 1 aliphatic rings. The van der Waals surface area contributed by atoms with Crippen LogP contribution in [0.2, 0.25) is 5.02 Å². The number of halogens is 1. The molecule has 1 atom stereocenters. The first-order chi connectivity index (χ1) is 16.9. The van der Waals surface area contributed by atoms with Crippen molar-refractivity contribution in [3.63, 3.8) is 0 Å². The van der Waals surface area contributed by atoms with Crippen LogP contribution in [0, 0.1) is 19.8 Å². The molecule has 4 heteroatoms. The summed E-state index contributed by atoms with van der Waals surface area (Å²) in [4.78, 5) is 13.2. The zero-order valence-corrected chi connectivity index (χ0v) is 21.6. The van der Waals surface area contributed by atoms with Gasteiger partial charge in [-0.05, 0) is 91.0 Å². The number of hydrogen-bond donors (Lipinski definition) is 1. The Balaban J connectivity index is 1.28. The van der Waals surface area contributed by atoms with Gasteiger partial charge in [0.2, 0.25) is 0 Å². The summed E-state index contributed by atoms with van der Waals surface area (Å²) in [6, 6.07) is 24.0. The molecule has 1 fully saturated rings. The average Bonchev–Trinajstić information content (AvgIpc) is 2.81. The molecule has 0 bridgehead atoms. The molecule has 3 aromatic rings. The molecule has 4 rings (SSSR count). The summed E-state index contributed by atoms with van der Waals surface area (Å²) in [6.45, 7) is 6.51. The maximum atomic E-state index is 11.0. The van der Waals surface area contributed by atoms with Crippen LogP contribution in [0.4, 0.5) is 0 Å². The number of carboxylic acids is 1. The van der Waals surface area contributed by atoms with Gasteiger partial charge in [0.1, 0.15) is 0 Å². The van der Waals surface area contributed by atoms with E-state index in [1.54, 1.807) is 0 Å². The van der Waals surface area contributed by atoms with Gasteiger partial charge in [0.25, 0.3) is 0 Å². The number of benzene rings is 3. The lowest BCUT2D eigenvalue weighted by Gasteiger charge is -2.36. The number of nitrogens with zero attached hydrogens (tertiary/aromatic N) is 1. The molecule has 0 aromatic heterocycles. The Kier molecular flexibility index (Phi) is 8.64. The van der Waals surface area contributed by atoms with E-state index in [4.69, 9.17) is 16.7 Å². The highest BCUT2D eigenvalue weighted by molar-refractivity contribution is 6.30. The molecule has 0 amide bonds. The first kappa shape index (κ1) is 25.5. The van der Waals surface area contributed by atoms with E-state index < -0.39 is 5.97 Å². The summed E-state index contributed by atoms with van der Waals surface area (Å²) >= 11 is 6.33. The minimum atomic E-state index is -0.678. The third kappa shape index (κ3) is 7.19. The molecular weight excluding hydrogens is 454 g/mol. The normalized spacial score (nSPS) is 15.1. The Morgan fingerprint density at radius 1 is 0.943 bits per heavy atom. The minimum absolute atomic E-state index is 0.194. The quantitative estimate of drug-likeness (QED) is 0.289. The molecule has 3 nitrogen and oxygen atoms in total. The van der Waals surface area contributed by atoms with Gasteiger partial charge in [0, 0.05) is 24.7 Å². The zero-order chi connectivity index (χ0) is 24.8. The van der Waals surface area contributed by atoms with Crippen LogP contribution in [-0.4, -0.2) is 29.1 Å². The Bertz CT molecular complexity index is 1130. The van der Waals surface area contributed by atoms with Gasteiger partial charge in [-0.25, -0.2) is 0 Å². The molecule has 0 radical (unpaired) electrons. The Labute approximate surface area is 214 Å². The second-order valence-electron chi connectivity index (χ2n) is 10.2. The molecule has 35 heavy (non-hydrogen) atoms. The van der Waals surface area contributed by atoms with E-state index >= 15 is 0 Å². The molecule has 1 N–H and O–H groups in total. The lowest BCUT2D eigenvalue weighted by Crippen LogP contribution is -2.49. The molecule has 1 saturated heterocycles. The van der Waals surface area contributed by atoms with Crippen molar-refractivity contribution in [3.8, 4) is 0 Å². The third-order valence-corrected chi connectivity index (χ3v) is 7.61. The number of likely N-dealkylation sites (tertiary alicyclic amines) is 1. The highest BCUT2D eigenvalue weighted by Crippen LogP contribution is 2.29. The summed E-state index contributed by atoms with van der Waals surface area (Å²) in [5.41, 5.74) is 8.04. The first-order valence-electron chi connectivity index (χ1n) is 12.7. The van der Waals surface area contributed by atoms with E-state index in [0.717, 1.165) is 37.3 Å². The van der Waals surface area contributed by atoms with E-state index in [-0.39, 0.29) is 5.92 Å². The van der Waals surface area contributed by atoms with Crippen molar-refractivity contribution >= 4 is 17.6 Å². The van der Waals surface area contributed by atoms with Crippen molar-refractivity contribution in [1.82, 2.24) is 4.90 Å². The summed E-state index contributed by atoms with van der Waals surface area (Å²) in [5, 5.41) is 9.84. The van der Waals surface area contributed by atoms with E-state index in [1.807, 2.05) is 6.07 Å². The van der Waals surface area contributed by atoms with Gasteiger partial charge in [-0.3, -0.25) is 9.69 Å². The van der Waals surface area contributed by atoms with Crippen LogP contribution in [-0.2, 0) is 24.2 Å². The van der Waals surface area contributed by atoms with E-state index in [2.05, 4.69) is 79.4 Å². The topological polar surface area (TPSA) is 40.5 Å². The van der Waals surface area contributed by atoms with E-state index in [9.17, 15) is 4.79 Å². The summed E-state index contributed by atoms with van der Waals surface area (Å²) in [5.74, 6) is -0.410. The standard InChI is InChI=1S/C31H36ClNO2/c1-22-10-11-26(16-23(22)2)17-27(28-8-5-9-30(32)18-28)7-4-3-6-24-12-14-25(15-13-24)19-33-20-29(21-33)31(34)35/h5,8-16,18,27,29H,3-4,6-7,17,19-21H2,1-2H3,(H,34,35). The molecule has 3 aromatic carbocycles. The van der Waals surface area contributed by atoms with Gasteiger partial charge < -0.3 is 5.11 Å². The number of aryl methyl sites for hydroxylation is 3. The molecular formula is C31H36ClNO2. The zero-order valence-electron chi connectivity index (χ0n) is 20.8. The smallest absolute Gasteiger partial charge is 0.309 e. The SMILES string of the molecule is Cc1ccc(CC(CCCCc2ccc(CN3CC(C(=O)O)C3)cc2)c2cccc(Cl)c2)cc1C. The molecule has 1 aliphatic heterocycles. The van der Waals surface area contributed by atoms with Crippen LogP contribution in [0.25, 0.3) is 0 Å². The van der Waals surface area contributed by atoms with Crippen LogP contribution in [0.5, 0.6) is 0 Å². The number of rotatable bonds is 11. The van der Waals surface area contributed by atoms with Gasteiger partial charge in [0.15, 0.2) is 0 Å². The second-order valence-corrected chi connectivity index (χ2v) is 10.6. The van der Waals surface area contributed by atoms with Gasteiger partial charge in [-0.1, -0.05) is 72.6 Å². The predicted octanol–water partition coefficient (Wildman–Crippen LogP) is 7.21. The molecule has 1 heterocycles.